The number of aromatic carboxylic acids is 1. The summed E-state index contributed by atoms with van der Waals surface area (Å²) in [5.41, 5.74) is 2.52. The van der Waals surface area contributed by atoms with Crippen molar-refractivity contribution in [1.29, 1.82) is 0 Å². The summed E-state index contributed by atoms with van der Waals surface area (Å²) in [7, 11) is 1.92. The second-order valence-corrected chi connectivity index (χ2v) is 4.68. The maximum Gasteiger partial charge on any atom is 0.335 e. The first-order valence-electron chi connectivity index (χ1n) is 6.09. The van der Waals surface area contributed by atoms with Crippen LogP contribution in [0.5, 0.6) is 0 Å². The van der Waals surface area contributed by atoms with Gasteiger partial charge in [0.1, 0.15) is 6.33 Å². The van der Waals surface area contributed by atoms with E-state index >= 15 is 0 Å². The largest absolute Gasteiger partial charge is 0.478 e. The van der Waals surface area contributed by atoms with Crippen molar-refractivity contribution in [1.82, 2.24) is 14.8 Å². The topological polar surface area (TPSA) is 71.2 Å². The third kappa shape index (κ3) is 2.05. The van der Waals surface area contributed by atoms with Crippen molar-refractivity contribution in [3.05, 3.63) is 41.5 Å². The molecule has 0 fully saturated rings. The summed E-state index contributed by atoms with van der Waals surface area (Å²) in [6, 6.07) is 5.28. The summed E-state index contributed by atoms with van der Waals surface area (Å²) in [4.78, 5) is 13.1. The molecule has 6 nitrogen and oxygen atoms in total. The average molecular weight is 258 g/mol. The number of anilines is 1. The fourth-order valence-electron chi connectivity index (χ4n) is 2.39. The number of aromatic nitrogens is 3. The summed E-state index contributed by atoms with van der Waals surface area (Å²) in [6.07, 6.45) is 2.55. The first kappa shape index (κ1) is 11.7. The van der Waals surface area contributed by atoms with Crippen LogP contribution >= 0.6 is 0 Å². The van der Waals surface area contributed by atoms with Crippen molar-refractivity contribution in [3.8, 4) is 0 Å². The highest BCUT2D eigenvalue weighted by Crippen LogP contribution is 2.29. The number of carbonyl (C=O) groups is 1. The molecule has 3 rings (SSSR count). The average Bonchev–Trinajstić information content (AvgIpc) is 2.97. The lowest BCUT2D eigenvalue weighted by Gasteiger charge is -2.18. The summed E-state index contributed by atoms with van der Waals surface area (Å²) in [5.74, 6) is 0.0183. The van der Waals surface area contributed by atoms with E-state index in [4.69, 9.17) is 5.11 Å². The van der Waals surface area contributed by atoms with Crippen LogP contribution in [0.15, 0.2) is 24.5 Å². The number of carboxylic acid groups (broad SMARTS) is 1. The Kier molecular flexibility index (Phi) is 2.70. The maximum atomic E-state index is 10.9. The first-order valence-corrected chi connectivity index (χ1v) is 6.09. The zero-order valence-electron chi connectivity index (χ0n) is 10.6. The van der Waals surface area contributed by atoms with Crippen molar-refractivity contribution in [3.63, 3.8) is 0 Å². The molecule has 1 aliphatic rings. The van der Waals surface area contributed by atoms with Gasteiger partial charge in [-0.05, 0) is 30.2 Å². The maximum absolute atomic E-state index is 10.9. The van der Waals surface area contributed by atoms with Gasteiger partial charge in [-0.3, -0.25) is 0 Å². The fourth-order valence-corrected chi connectivity index (χ4v) is 2.39. The van der Waals surface area contributed by atoms with Crippen LogP contribution in [-0.4, -0.2) is 32.4 Å². The number of aryl methyl sites for hydroxylation is 1. The van der Waals surface area contributed by atoms with Gasteiger partial charge >= 0.3 is 5.97 Å². The molecule has 0 amide bonds. The monoisotopic (exact) mass is 258 g/mol. The zero-order valence-corrected chi connectivity index (χ0v) is 10.6. The van der Waals surface area contributed by atoms with Gasteiger partial charge in [0.25, 0.3) is 0 Å². The molecule has 1 aromatic carbocycles. The van der Waals surface area contributed by atoms with E-state index in [1.54, 1.807) is 18.5 Å². The minimum absolute atomic E-state index is 0.347. The minimum Gasteiger partial charge on any atom is -0.478 e. The van der Waals surface area contributed by atoms with Crippen LogP contribution in [0.4, 0.5) is 5.69 Å². The van der Waals surface area contributed by atoms with E-state index < -0.39 is 5.97 Å². The Balaban J connectivity index is 1.86. The molecule has 0 atom stereocenters. The standard InChI is InChI=1S/C13H14N4O2/c1-16-8-14-15-12(16)7-17-5-4-9-6-10(13(18)19)2-3-11(9)17/h2-3,6,8H,4-5,7H2,1H3,(H,18,19). The number of rotatable bonds is 3. The second kappa shape index (κ2) is 4.38. The number of benzene rings is 1. The molecule has 1 aromatic heterocycles. The molecule has 2 heterocycles. The molecule has 1 aliphatic heterocycles. The van der Waals surface area contributed by atoms with Crippen LogP contribution in [0.25, 0.3) is 0 Å². The molecule has 0 aliphatic carbocycles. The van der Waals surface area contributed by atoms with Gasteiger partial charge in [0.05, 0.1) is 12.1 Å². The third-order valence-corrected chi connectivity index (χ3v) is 3.46. The molecule has 1 N–H and O–H groups in total. The zero-order chi connectivity index (χ0) is 13.4. The fraction of sp³-hybridized carbons (Fsp3) is 0.308. The van der Waals surface area contributed by atoms with Gasteiger partial charge < -0.3 is 14.6 Å². The van der Waals surface area contributed by atoms with Crippen LogP contribution in [0.2, 0.25) is 0 Å². The Morgan fingerprint density at radius 1 is 1.47 bits per heavy atom. The molecule has 98 valence electrons. The lowest BCUT2D eigenvalue weighted by atomic mass is 10.1. The normalized spacial score (nSPS) is 13.6. The van der Waals surface area contributed by atoms with Gasteiger partial charge in [-0.2, -0.15) is 0 Å². The Morgan fingerprint density at radius 3 is 3.00 bits per heavy atom. The first-order chi connectivity index (χ1) is 9.15. The molecular formula is C13H14N4O2. The van der Waals surface area contributed by atoms with Crippen LogP contribution < -0.4 is 4.90 Å². The van der Waals surface area contributed by atoms with Crippen LogP contribution in [0.3, 0.4) is 0 Å². The minimum atomic E-state index is -0.880. The molecule has 0 radical (unpaired) electrons. The molecule has 19 heavy (non-hydrogen) atoms. The van der Waals surface area contributed by atoms with Crippen molar-refractivity contribution >= 4 is 11.7 Å². The number of hydrogen-bond donors (Lipinski definition) is 1. The quantitative estimate of drug-likeness (QED) is 0.891. The van der Waals surface area contributed by atoms with Gasteiger partial charge in [-0.25, -0.2) is 4.79 Å². The molecule has 0 bridgehead atoms. The smallest absolute Gasteiger partial charge is 0.335 e. The Labute approximate surface area is 110 Å². The van der Waals surface area contributed by atoms with Crippen LogP contribution in [-0.2, 0) is 20.0 Å². The van der Waals surface area contributed by atoms with Crippen molar-refractivity contribution in [2.24, 2.45) is 7.05 Å². The second-order valence-electron chi connectivity index (χ2n) is 4.68. The van der Waals surface area contributed by atoms with E-state index in [-0.39, 0.29) is 0 Å². The number of carboxylic acids is 1. The van der Waals surface area contributed by atoms with E-state index in [0.29, 0.717) is 12.1 Å². The Hall–Kier alpha value is -2.37. The predicted octanol–water partition coefficient (Wildman–Crippen LogP) is 1.08. The van der Waals surface area contributed by atoms with Gasteiger partial charge in [0.15, 0.2) is 5.82 Å². The molecule has 0 saturated carbocycles. The van der Waals surface area contributed by atoms with Crippen molar-refractivity contribution in [2.45, 2.75) is 13.0 Å². The molecule has 0 saturated heterocycles. The van der Waals surface area contributed by atoms with Gasteiger partial charge in [-0.1, -0.05) is 0 Å². The predicted molar refractivity (Wildman–Crippen MR) is 69.2 cm³/mol. The number of hydrogen-bond acceptors (Lipinski definition) is 4. The highest BCUT2D eigenvalue weighted by atomic mass is 16.4. The number of nitrogens with zero attached hydrogens (tertiary/aromatic N) is 4. The highest BCUT2D eigenvalue weighted by molar-refractivity contribution is 5.88. The molecule has 0 spiro atoms. The lowest BCUT2D eigenvalue weighted by Crippen LogP contribution is -2.21. The van der Waals surface area contributed by atoms with Crippen LogP contribution in [0, 0.1) is 0 Å². The van der Waals surface area contributed by atoms with Gasteiger partial charge in [-0.15, -0.1) is 10.2 Å². The Morgan fingerprint density at radius 2 is 2.32 bits per heavy atom. The summed E-state index contributed by atoms with van der Waals surface area (Å²) in [6.45, 7) is 1.57. The van der Waals surface area contributed by atoms with Gasteiger partial charge in [0.2, 0.25) is 0 Å². The summed E-state index contributed by atoms with van der Waals surface area (Å²) >= 11 is 0. The third-order valence-electron chi connectivity index (χ3n) is 3.46. The summed E-state index contributed by atoms with van der Waals surface area (Å²) in [5, 5.41) is 16.9. The molecule has 0 unspecified atom stereocenters. The van der Waals surface area contributed by atoms with Crippen molar-refractivity contribution < 1.29 is 9.90 Å². The lowest BCUT2D eigenvalue weighted by molar-refractivity contribution is 0.0697. The number of fused-ring (bicyclic) bond motifs is 1. The SMILES string of the molecule is Cn1cnnc1CN1CCc2cc(C(=O)O)ccc21. The van der Waals surface area contributed by atoms with Gasteiger partial charge in [0, 0.05) is 19.3 Å². The summed E-state index contributed by atoms with van der Waals surface area (Å²) < 4.78 is 1.89. The molecule has 6 heteroatoms. The van der Waals surface area contributed by atoms with E-state index in [1.807, 2.05) is 17.7 Å². The van der Waals surface area contributed by atoms with E-state index in [9.17, 15) is 4.79 Å². The van der Waals surface area contributed by atoms with E-state index in [1.165, 1.54) is 0 Å². The van der Waals surface area contributed by atoms with E-state index in [0.717, 1.165) is 30.0 Å². The molecular weight excluding hydrogens is 244 g/mol. The van der Waals surface area contributed by atoms with Crippen LogP contribution in [0.1, 0.15) is 21.7 Å². The molecule has 2 aromatic rings. The van der Waals surface area contributed by atoms with E-state index in [2.05, 4.69) is 15.1 Å². The Bertz CT molecular complexity index is 635. The van der Waals surface area contributed by atoms with Crippen molar-refractivity contribution in [2.75, 3.05) is 11.4 Å². The highest BCUT2D eigenvalue weighted by Gasteiger charge is 2.21.